The monoisotopic (exact) mass is 201 g/mol. The molecule has 3 nitrogen and oxygen atoms in total. The van der Waals surface area contributed by atoms with Gasteiger partial charge in [-0.15, -0.1) is 0 Å². The van der Waals surface area contributed by atoms with Crippen LogP contribution >= 0.6 is 0 Å². The summed E-state index contributed by atoms with van der Waals surface area (Å²) < 4.78 is 4.71. The largest absolute Gasteiger partial charge is 1.00 e. The van der Waals surface area contributed by atoms with Gasteiger partial charge in [-0.2, -0.15) is 0 Å². The van der Waals surface area contributed by atoms with Crippen molar-refractivity contribution >= 4 is 6.09 Å². The van der Waals surface area contributed by atoms with Crippen LogP contribution in [0.2, 0.25) is 0 Å². The van der Waals surface area contributed by atoms with E-state index in [-0.39, 0.29) is 57.4 Å². The Morgan fingerprint density at radius 1 is 1.31 bits per heavy atom. The van der Waals surface area contributed by atoms with E-state index in [0.717, 1.165) is 5.56 Å². The molecule has 0 N–H and O–H groups in total. The van der Waals surface area contributed by atoms with Crippen molar-refractivity contribution in [2.24, 2.45) is 0 Å². The molecule has 1 heterocycles. The van der Waals surface area contributed by atoms with Gasteiger partial charge >= 0.3 is 51.4 Å². The Hall–Kier alpha value is 0.126. The second-order valence-corrected chi connectivity index (χ2v) is 2.63. The number of hydrogen-bond donors (Lipinski definition) is 0. The molecular weight excluding hydrogens is 193 g/mol. The maximum atomic E-state index is 10.6. The van der Waals surface area contributed by atoms with Gasteiger partial charge in [-0.1, -0.05) is 41.9 Å². The van der Waals surface area contributed by atoms with E-state index in [1.54, 1.807) is 0 Å². The fourth-order valence-corrected chi connectivity index (χ4v) is 1.20. The maximum absolute atomic E-state index is 10.6. The Kier molecular flexibility index (Phi) is 4.41. The minimum atomic E-state index is -0.455. The zero-order valence-corrected chi connectivity index (χ0v) is 10.6. The Bertz CT molecular complexity index is 289. The van der Waals surface area contributed by atoms with Crippen molar-refractivity contribution in [2.45, 2.75) is 6.04 Å². The van der Waals surface area contributed by atoms with Crippen LogP contribution in [0.25, 0.3) is 5.32 Å². The first-order valence-corrected chi connectivity index (χ1v) is 3.79. The zero-order valence-electron chi connectivity index (χ0n) is 7.43. The molecule has 0 unspecified atom stereocenters. The number of nitrogens with zero attached hydrogens (tertiary/aromatic N) is 1. The smallest absolute Gasteiger partial charge is 0.608 e. The fraction of sp³-hybridized carbons (Fsp3) is 0.222. The van der Waals surface area contributed by atoms with Gasteiger partial charge < -0.3 is 10.1 Å². The fourth-order valence-electron chi connectivity index (χ4n) is 1.20. The van der Waals surface area contributed by atoms with Crippen molar-refractivity contribution in [3.05, 3.63) is 41.2 Å². The summed E-state index contributed by atoms with van der Waals surface area (Å²) in [5, 5.41) is 3.80. The summed E-state index contributed by atoms with van der Waals surface area (Å²) in [6.45, 7) is 0.378. The Labute approximate surface area is 119 Å². The number of amides is 1. The summed E-state index contributed by atoms with van der Waals surface area (Å²) >= 11 is 0. The molecule has 0 spiro atoms. The Morgan fingerprint density at radius 3 is 2.54 bits per heavy atom. The van der Waals surface area contributed by atoms with Crippen LogP contribution in [0, 0.1) is 0 Å². The average Bonchev–Trinajstić information content (AvgIpc) is 2.54. The topological polar surface area (TPSA) is 40.4 Å². The van der Waals surface area contributed by atoms with Crippen LogP contribution in [0.1, 0.15) is 11.6 Å². The van der Waals surface area contributed by atoms with Gasteiger partial charge in [-0.25, -0.2) is 0 Å². The molecule has 1 aliphatic heterocycles. The van der Waals surface area contributed by atoms with E-state index in [1.807, 2.05) is 30.3 Å². The molecule has 1 amide bonds. The molecule has 0 aliphatic carbocycles. The van der Waals surface area contributed by atoms with Crippen molar-refractivity contribution in [2.75, 3.05) is 6.61 Å². The number of ether oxygens (including phenoxy) is 1. The third kappa shape index (κ3) is 2.79. The molecule has 1 atom stereocenters. The minimum absolute atomic E-state index is 0. The van der Waals surface area contributed by atoms with E-state index in [0.29, 0.717) is 6.61 Å². The van der Waals surface area contributed by atoms with Crippen molar-refractivity contribution in [1.82, 2.24) is 0 Å². The molecular formula is C9H8KNO2. The molecule has 1 fully saturated rings. The SMILES string of the molecule is O=C1[N-][C@@H](c2ccccc2)CO1.[K+]. The molecule has 1 saturated heterocycles. The number of rotatable bonds is 1. The van der Waals surface area contributed by atoms with Crippen LogP contribution in [0.4, 0.5) is 4.79 Å². The van der Waals surface area contributed by atoms with Crippen LogP contribution in [0.3, 0.4) is 0 Å². The van der Waals surface area contributed by atoms with E-state index in [4.69, 9.17) is 4.74 Å². The van der Waals surface area contributed by atoms with Gasteiger partial charge in [0.05, 0.1) is 6.61 Å². The Balaban J connectivity index is 0.000000845. The molecule has 13 heavy (non-hydrogen) atoms. The van der Waals surface area contributed by atoms with Gasteiger partial charge in [0, 0.05) is 0 Å². The van der Waals surface area contributed by atoms with Crippen LogP contribution in [-0.2, 0) is 4.74 Å². The van der Waals surface area contributed by atoms with Crippen molar-refractivity contribution in [3.63, 3.8) is 0 Å². The van der Waals surface area contributed by atoms with Crippen molar-refractivity contribution in [1.29, 1.82) is 0 Å². The van der Waals surface area contributed by atoms with Gasteiger partial charge in [0.15, 0.2) is 0 Å². The summed E-state index contributed by atoms with van der Waals surface area (Å²) in [5.74, 6) is 0. The number of benzene rings is 1. The van der Waals surface area contributed by atoms with Crippen LogP contribution in [0.5, 0.6) is 0 Å². The zero-order chi connectivity index (χ0) is 8.39. The van der Waals surface area contributed by atoms with E-state index < -0.39 is 6.09 Å². The second kappa shape index (κ2) is 5.12. The third-order valence-electron chi connectivity index (χ3n) is 1.81. The van der Waals surface area contributed by atoms with Gasteiger partial charge in [0.1, 0.15) is 0 Å². The molecule has 1 aliphatic rings. The molecule has 0 saturated carbocycles. The molecule has 62 valence electrons. The van der Waals surface area contributed by atoms with E-state index in [2.05, 4.69) is 5.32 Å². The first kappa shape index (κ1) is 11.2. The van der Waals surface area contributed by atoms with Gasteiger partial charge in [0.2, 0.25) is 6.09 Å². The van der Waals surface area contributed by atoms with Crippen molar-refractivity contribution in [3.8, 4) is 0 Å². The molecule has 4 heteroatoms. The van der Waals surface area contributed by atoms with E-state index >= 15 is 0 Å². The number of cyclic esters (lactones) is 1. The second-order valence-electron chi connectivity index (χ2n) is 2.63. The first-order valence-electron chi connectivity index (χ1n) is 3.79. The summed E-state index contributed by atoms with van der Waals surface area (Å²) in [4.78, 5) is 10.6. The van der Waals surface area contributed by atoms with E-state index in [1.165, 1.54) is 0 Å². The summed E-state index contributed by atoms with van der Waals surface area (Å²) in [6, 6.07) is 9.56. The van der Waals surface area contributed by atoms with Crippen LogP contribution in [-0.4, -0.2) is 12.7 Å². The summed E-state index contributed by atoms with van der Waals surface area (Å²) in [7, 11) is 0. The molecule has 1 aromatic carbocycles. The van der Waals surface area contributed by atoms with Crippen molar-refractivity contribution < 1.29 is 60.9 Å². The average molecular weight is 201 g/mol. The number of hydrogen-bond acceptors (Lipinski definition) is 2. The molecule has 0 radical (unpaired) electrons. The number of carbonyl (C=O) groups is 1. The number of carbonyl (C=O) groups excluding carboxylic acids is 1. The molecule has 0 bridgehead atoms. The van der Waals surface area contributed by atoms with Gasteiger partial charge in [-0.05, 0) is 0 Å². The van der Waals surface area contributed by atoms with Crippen LogP contribution in [0.15, 0.2) is 30.3 Å². The Morgan fingerprint density at radius 2 is 2.00 bits per heavy atom. The normalized spacial score (nSPS) is 20.0. The molecule has 2 rings (SSSR count). The minimum Gasteiger partial charge on any atom is -0.608 e. The predicted molar refractivity (Wildman–Crippen MR) is 43.9 cm³/mol. The maximum Gasteiger partial charge on any atom is 1.00 e. The van der Waals surface area contributed by atoms with Gasteiger partial charge in [-0.3, -0.25) is 4.79 Å². The van der Waals surface area contributed by atoms with E-state index in [9.17, 15) is 4.79 Å². The molecule has 1 aromatic rings. The molecule has 0 aromatic heterocycles. The first-order chi connectivity index (χ1) is 5.86. The predicted octanol–water partition coefficient (Wildman–Crippen LogP) is -0.744. The summed E-state index contributed by atoms with van der Waals surface area (Å²) in [6.07, 6.45) is -0.455. The standard InChI is InChI=1S/C9H9NO2.K/c11-9-10-8(6-12-9)7-4-2-1-3-5-7;/h1-5,8H,6H2,(H,10,11);/q;+1/p-1/t8-;/m1./s1. The van der Waals surface area contributed by atoms with Crippen LogP contribution < -0.4 is 51.4 Å². The third-order valence-corrected chi connectivity index (χ3v) is 1.81. The van der Waals surface area contributed by atoms with Gasteiger partial charge in [0.25, 0.3) is 0 Å². The quantitative estimate of drug-likeness (QED) is 0.561. The summed E-state index contributed by atoms with van der Waals surface area (Å²) in [5.41, 5.74) is 1.03.